The molecular formula is C11H16N2O3. The minimum atomic E-state index is -0.407. The average molecular weight is 224 g/mol. The Balaban J connectivity index is 2.35. The molecule has 1 atom stereocenters. The molecule has 16 heavy (non-hydrogen) atoms. The number of nitrogens with zero attached hydrogens (tertiary/aromatic N) is 1. The summed E-state index contributed by atoms with van der Waals surface area (Å²) < 4.78 is 0. The third kappa shape index (κ3) is 4.37. The number of hydrogen-bond acceptors (Lipinski definition) is 4. The number of aliphatic hydroxyl groups is 1. The van der Waals surface area contributed by atoms with Gasteiger partial charge in [-0.25, -0.2) is 0 Å². The first-order valence-electron chi connectivity index (χ1n) is 5.21. The standard InChI is InChI=1S/C11H16N2O3/c1-9(14)8-12-7-6-10-2-4-11(5-3-10)13(15)16/h2-5,9,12,14H,6-8H2,1H3/t9-/m0/s1. The van der Waals surface area contributed by atoms with E-state index in [9.17, 15) is 10.1 Å². The number of benzene rings is 1. The van der Waals surface area contributed by atoms with Gasteiger partial charge in [0.25, 0.3) is 5.69 Å². The summed E-state index contributed by atoms with van der Waals surface area (Å²) in [4.78, 5) is 10.0. The lowest BCUT2D eigenvalue weighted by Gasteiger charge is -2.06. The molecular weight excluding hydrogens is 208 g/mol. The van der Waals surface area contributed by atoms with Crippen LogP contribution in [0.4, 0.5) is 5.69 Å². The molecule has 0 aliphatic carbocycles. The van der Waals surface area contributed by atoms with Gasteiger partial charge in [-0.15, -0.1) is 0 Å². The zero-order valence-electron chi connectivity index (χ0n) is 9.22. The van der Waals surface area contributed by atoms with Crippen molar-refractivity contribution < 1.29 is 10.0 Å². The Kier molecular flexibility index (Phi) is 4.88. The van der Waals surface area contributed by atoms with Gasteiger partial charge >= 0.3 is 0 Å². The third-order valence-electron chi connectivity index (χ3n) is 2.18. The van der Waals surface area contributed by atoms with Gasteiger partial charge in [0, 0.05) is 18.7 Å². The van der Waals surface area contributed by atoms with E-state index in [0.29, 0.717) is 6.54 Å². The van der Waals surface area contributed by atoms with Gasteiger partial charge in [-0.1, -0.05) is 12.1 Å². The zero-order chi connectivity index (χ0) is 12.0. The molecule has 0 bridgehead atoms. The minimum absolute atomic E-state index is 0.112. The Morgan fingerprint density at radius 2 is 2.06 bits per heavy atom. The van der Waals surface area contributed by atoms with Crippen LogP contribution in [0, 0.1) is 10.1 Å². The van der Waals surface area contributed by atoms with E-state index in [1.807, 2.05) is 0 Å². The molecule has 0 aliphatic rings. The molecule has 0 saturated carbocycles. The van der Waals surface area contributed by atoms with E-state index < -0.39 is 4.92 Å². The molecule has 0 radical (unpaired) electrons. The maximum Gasteiger partial charge on any atom is 0.269 e. The summed E-state index contributed by atoms with van der Waals surface area (Å²) in [6.07, 6.45) is 0.446. The molecule has 1 aromatic rings. The highest BCUT2D eigenvalue weighted by Gasteiger charge is 2.03. The number of non-ortho nitro benzene ring substituents is 1. The number of nitrogens with one attached hydrogen (secondary N) is 1. The van der Waals surface area contributed by atoms with Crippen LogP contribution in [-0.4, -0.2) is 29.2 Å². The third-order valence-corrected chi connectivity index (χ3v) is 2.18. The Bertz CT molecular complexity index is 336. The summed E-state index contributed by atoms with van der Waals surface area (Å²) in [5.74, 6) is 0. The van der Waals surface area contributed by atoms with Crippen molar-refractivity contribution in [1.29, 1.82) is 0 Å². The van der Waals surface area contributed by atoms with Crippen LogP contribution in [-0.2, 0) is 6.42 Å². The number of nitro groups is 1. The lowest BCUT2D eigenvalue weighted by atomic mass is 10.1. The average Bonchev–Trinajstić information content (AvgIpc) is 2.25. The topological polar surface area (TPSA) is 75.4 Å². The normalized spacial score (nSPS) is 12.4. The fourth-order valence-corrected chi connectivity index (χ4v) is 1.33. The van der Waals surface area contributed by atoms with E-state index >= 15 is 0 Å². The number of rotatable bonds is 6. The number of nitro benzene ring substituents is 1. The molecule has 2 N–H and O–H groups in total. The van der Waals surface area contributed by atoms with Crippen molar-refractivity contribution in [3.63, 3.8) is 0 Å². The summed E-state index contributed by atoms with van der Waals surface area (Å²) in [6.45, 7) is 3.04. The fourth-order valence-electron chi connectivity index (χ4n) is 1.33. The van der Waals surface area contributed by atoms with Crippen LogP contribution in [0.3, 0.4) is 0 Å². The Morgan fingerprint density at radius 1 is 1.44 bits per heavy atom. The summed E-state index contributed by atoms with van der Waals surface area (Å²) >= 11 is 0. The number of aliphatic hydroxyl groups excluding tert-OH is 1. The van der Waals surface area contributed by atoms with Gasteiger partial charge in [-0.2, -0.15) is 0 Å². The second kappa shape index (κ2) is 6.19. The SMILES string of the molecule is C[C@H](O)CNCCc1ccc([N+](=O)[O-])cc1. The highest BCUT2D eigenvalue weighted by molar-refractivity contribution is 5.32. The Morgan fingerprint density at radius 3 is 2.56 bits per heavy atom. The quantitative estimate of drug-likeness (QED) is 0.431. The van der Waals surface area contributed by atoms with Crippen LogP contribution in [0.25, 0.3) is 0 Å². The molecule has 0 aliphatic heterocycles. The molecule has 0 fully saturated rings. The predicted molar refractivity (Wildman–Crippen MR) is 61.4 cm³/mol. The highest BCUT2D eigenvalue weighted by atomic mass is 16.6. The molecule has 1 rings (SSSR count). The van der Waals surface area contributed by atoms with Crippen molar-refractivity contribution in [3.05, 3.63) is 39.9 Å². The predicted octanol–water partition coefficient (Wildman–Crippen LogP) is 1.11. The number of hydrogen-bond donors (Lipinski definition) is 2. The van der Waals surface area contributed by atoms with E-state index in [-0.39, 0.29) is 11.8 Å². The van der Waals surface area contributed by atoms with Crippen LogP contribution in [0.15, 0.2) is 24.3 Å². The Hall–Kier alpha value is -1.46. The van der Waals surface area contributed by atoms with Crippen molar-refractivity contribution in [2.24, 2.45) is 0 Å². The summed E-state index contributed by atoms with van der Waals surface area (Å²) in [5.41, 5.74) is 1.16. The second-order valence-electron chi connectivity index (χ2n) is 3.73. The van der Waals surface area contributed by atoms with Gasteiger partial charge < -0.3 is 10.4 Å². The first kappa shape index (κ1) is 12.6. The van der Waals surface area contributed by atoms with E-state index in [0.717, 1.165) is 18.5 Å². The van der Waals surface area contributed by atoms with Gasteiger partial charge in [-0.05, 0) is 25.5 Å². The maximum atomic E-state index is 10.4. The summed E-state index contributed by atoms with van der Waals surface area (Å²) in [6, 6.07) is 6.51. The van der Waals surface area contributed by atoms with Crippen molar-refractivity contribution in [3.8, 4) is 0 Å². The minimum Gasteiger partial charge on any atom is -0.392 e. The molecule has 0 spiro atoms. The maximum absolute atomic E-state index is 10.4. The van der Waals surface area contributed by atoms with Gasteiger partial charge in [-0.3, -0.25) is 10.1 Å². The van der Waals surface area contributed by atoms with Gasteiger partial charge in [0.05, 0.1) is 11.0 Å². The molecule has 0 saturated heterocycles. The zero-order valence-corrected chi connectivity index (χ0v) is 9.22. The first-order valence-corrected chi connectivity index (χ1v) is 5.21. The van der Waals surface area contributed by atoms with Gasteiger partial charge in [0.1, 0.15) is 0 Å². The largest absolute Gasteiger partial charge is 0.392 e. The van der Waals surface area contributed by atoms with Crippen LogP contribution in [0.2, 0.25) is 0 Å². The molecule has 88 valence electrons. The molecule has 0 amide bonds. The van der Waals surface area contributed by atoms with Crippen LogP contribution in [0.5, 0.6) is 0 Å². The van der Waals surface area contributed by atoms with Crippen molar-refractivity contribution >= 4 is 5.69 Å². The van der Waals surface area contributed by atoms with Gasteiger partial charge in [0.2, 0.25) is 0 Å². The molecule has 5 heteroatoms. The molecule has 1 aromatic carbocycles. The molecule has 5 nitrogen and oxygen atoms in total. The van der Waals surface area contributed by atoms with E-state index in [1.54, 1.807) is 19.1 Å². The fraction of sp³-hybridized carbons (Fsp3) is 0.455. The van der Waals surface area contributed by atoms with E-state index in [2.05, 4.69) is 5.32 Å². The Labute approximate surface area is 94.3 Å². The molecule has 0 heterocycles. The lowest BCUT2D eigenvalue weighted by molar-refractivity contribution is -0.384. The summed E-state index contributed by atoms with van der Waals surface area (Å²) in [7, 11) is 0. The summed E-state index contributed by atoms with van der Waals surface area (Å²) in [5, 5.41) is 22.5. The molecule has 0 unspecified atom stereocenters. The van der Waals surface area contributed by atoms with Crippen molar-refractivity contribution in [2.75, 3.05) is 13.1 Å². The van der Waals surface area contributed by atoms with E-state index in [1.165, 1.54) is 12.1 Å². The monoisotopic (exact) mass is 224 g/mol. The smallest absolute Gasteiger partial charge is 0.269 e. The second-order valence-corrected chi connectivity index (χ2v) is 3.73. The van der Waals surface area contributed by atoms with Crippen molar-refractivity contribution in [2.45, 2.75) is 19.4 Å². The van der Waals surface area contributed by atoms with Crippen LogP contribution < -0.4 is 5.32 Å². The van der Waals surface area contributed by atoms with Crippen molar-refractivity contribution in [1.82, 2.24) is 5.32 Å². The molecule has 0 aromatic heterocycles. The van der Waals surface area contributed by atoms with E-state index in [4.69, 9.17) is 5.11 Å². The van der Waals surface area contributed by atoms with Crippen LogP contribution >= 0.6 is 0 Å². The van der Waals surface area contributed by atoms with Crippen LogP contribution in [0.1, 0.15) is 12.5 Å². The lowest BCUT2D eigenvalue weighted by Crippen LogP contribution is -2.26. The first-order chi connectivity index (χ1) is 7.59. The van der Waals surface area contributed by atoms with Gasteiger partial charge in [0.15, 0.2) is 0 Å². The highest BCUT2D eigenvalue weighted by Crippen LogP contribution is 2.11.